The van der Waals surface area contributed by atoms with Gasteiger partial charge >= 0.3 is 17.9 Å². The van der Waals surface area contributed by atoms with Gasteiger partial charge in [0, 0.05) is 27.4 Å². The lowest BCUT2D eigenvalue weighted by atomic mass is 10.1. The largest absolute Gasteiger partial charge is 0.463 e. The van der Waals surface area contributed by atoms with Crippen LogP contribution < -0.4 is 0 Å². The van der Waals surface area contributed by atoms with Crippen LogP contribution in [0.3, 0.4) is 0 Å². The quantitative estimate of drug-likeness (QED) is 0.0934. The maximum absolute atomic E-state index is 12.1. The van der Waals surface area contributed by atoms with Gasteiger partial charge in [-0.1, -0.05) is 99.7 Å². The molecule has 276 valence electrons. The lowest BCUT2D eigenvalue weighted by Gasteiger charge is -2.26. The van der Waals surface area contributed by atoms with Crippen LogP contribution in [0.15, 0.2) is 60.7 Å². The number of unbranched alkanes of at least 4 members (excludes halogenated alkanes) is 5. The van der Waals surface area contributed by atoms with E-state index in [2.05, 4.69) is 6.92 Å². The van der Waals surface area contributed by atoms with Gasteiger partial charge in [0.1, 0.15) is 31.0 Å². The Morgan fingerprint density at radius 3 is 1.66 bits per heavy atom. The summed E-state index contributed by atoms with van der Waals surface area (Å²) in [6, 6.07) is 19.6. The summed E-state index contributed by atoms with van der Waals surface area (Å²) < 4.78 is 54.2. The normalized spacial score (nSPS) is 26.1. The monoisotopic (exact) mass is 700 g/mol. The third kappa shape index (κ3) is 12.7. The summed E-state index contributed by atoms with van der Waals surface area (Å²) in [5.74, 6) is -1.80. The van der Waals surface area contributed by atoms with E-state index in [1.807, 2.05) is 60.7 Å². The van der Waals surface area contributed by atoms with E-state index in [9.17, 15) is 14.4 Å². The molecule has 0 radical (unpaired) electrons. The molecule has 12 heteroatoms. The summed E-state index contributed by atoms with van der Waals surface area (Å²) >= 11 is 0. The van der Waals surface area contributed by atoms with Gasteiger partial charge in [-0.15, -0.1) is 0 Å². The first-order chi connectivity index (χ1) is 24.2. The summed E-state index contributed by atoms with van der Waals surface area (Å²) in [4.78, 5) is 35.7. The van der Waals surface area contributed by atoms with Crippen molar-refractivity contribution in [1.29, 1.82) is 0 Å². The molecule has 8 atom stereocenters. The minimum atomic E-state index is -1.17. The molecule has 0 unspecified atom stereocenters. The lowest BCUT2D eigenvalue weighted by Crippen LogP contribution is -2.43. The van der Waals surface area contributed by atoms with Crippen LogP contribution in [0.2, 0.25) is 0 Å². The van der Waals surface area contributed by atoms with E-state index in [0.717, 1.165) is 30.4 Å². The van der Waals surface area contributed by atoms with Crippen LogP contribution in [0.5, 0.6) is 0 Å². The van der Waals surface area contributed by atoms with Crippen molar-refractivity contribution in [2.24, 2.45) is 0 Å². The van der Waals surface area contributed by atoms with Crippen molar-refractivity contribution in [2.75, 3.05) is 19.8 Å². The predicted octanol–water partition coefficient (Wildman–Crippen LogP) is 5.43. The molecule has 12 nitrogen and oxygen atoms in total. The second-order valence-corrected chi connectivity index (χ2v) is 12.5. The Bertz CT molecular complexity index is 1290. The zero-order chi connectivity index (χ0) is 35.7. The molecule has 0 saturated carbocycles. The molecule has 2 aromatic carbocycles. The smallest absolute Gasteiger partial charge is 0.303 e. The summed E-state index contributed by atoms with van der Waals surface area (Å²) in [7, 11) is 0. The van der Waals surface area contributed by atoms with Crippen LogP contribution in [0.4, 0.5) is 0 Å². The minimum absolute atomic E-state index is 0.0724. The molecule has 2 aromatic rings. The topological polar surface area (TPSA) is 134 Å². The minimum Gasteiger partial charge on any atom is -0.463 e. The van der Waals surface area contributed by atoms with Gasteiger partial charge in [-0.2, -0.15) is 0 Å². The van der Waals surface area contributed by atoms with Gasteiger partial charge in [-0.3, -0.25) is 14.4 Å². The van der Waals surface area contributed by atoms with Crippen molar-refractivity contribution in [1.82, 2.24) is 0 Å². The maximum Gasteiger partial charge on any atom is 0.303 e. The van der Waals surface area contributed by atoms with Gasteiger partial charge in [0.2, 0.25) is 0 Å². The molecule has 2 fully saturated rings. The van der Waals surface area contributed by atoms with Crippen LogP contribution in [0, 0.1) is 0 Å². The number of carbonyl (C=O) groups is 3. The molecule has 0 N–H and O–H groups in total. The molecule has 0 amide bonds. The zero-order valence-corrected chi connectivity index (χ0v) is 29.6. The van der Waals surface area contributed by atoms with Crippen LogP contribution >= 0.6 is 0 Å². The van der Waals surface area contributed by atoms with Crippen LogP contribution in [0.1, 0.15) is 77.3 Å². The van der Waals surface area contributed by atoms with Crippen LogP contribution in [0.25, 0.3) is 0 Å². The third-order valence-corrected chi connectivity index (χ3v) is 8.37. The molecule has 4 rings (SSSR count). The second kappa shape index (κ2) is 21.1. The average Bonchev–Trinajstić information content (AvgIpc) is 3.59. The molecular weight excluding hydrogens is 648 g/mol. The first kappa shape index (κ1) is 39.4. The Labute approximate surface area is 294 Å². The second-order valence-electron chi connectivity index (χ2n) is 12.5. The standard InChI is InChI=1S/C38H52O12/c1-5-6-7-8-9-16-21-42-37-35(45-23-30-19-14-11-15-20-30)33(44-22-29-17-12-10-13-18-29)31(49-37)25-46-38-36(48-28(4)41)34(47-27(3)40)32(50-38)24-43-26(2)39/h10-15,17-20,31-38H,5-9,16,21-25H2,1-4H3/t31-,32-,33-,34+,35+,36+,37+,38+/m1/s1. The molecule has 0 bridgehead atoms. The summed E-state index contributed by atoms with van der Waals surface area (Å²) in [6.45, 7) is 6.68. The van der Waals surface area contributed by atoms with E-state index in [0.29, 0.717) is 13.2 Å². The van der Waals surface area contributed by atoms with E-state index < -0.39 is 67.1 Å². The van der Waals surface area contributed by atoms with E-state index >= 15 is 0 Å². The highest BCUT2D eigenvalue weighted by molar-refractivity contribution is 5.68. The fraction of sp³-hybridized carbons (Fsp3) is 0.605. The Balaban J connectivity index is 1.52. The molecule has 2 heterocycles. The van der Waals surface area contributed by atoms with Crippen molar-refractivity contribution in [2.45, 2.75) is 129 Å². The zero-order valence-electron chi connectivity index (χ0n) is 29.6. The number of hydrogen-bond acceptors (Lipinski definition) is 12. The number of hydrogen-bond donors (Lipinski definition) is 0. The van der Waals surface area contributed by atoms with Crippen molar-refractivity contribution in [3.05, 3.63) is 71.8 Å². The first-order valence-corrected chi connectivity index (χ1v) is 17.6. The Kier molecular flexibility index (Phi) is 16.6. The van der Waals surface area contributed by atoms with Gasteiger partial charge in [-0.05, 0) is 17.5 Å². The number of carbonyl (C=O) groups excluding carboxylic acids is 3. The van der Waals surface area contributed by atoms with Gasteiger partial charge in [-0.25, -0.2) is 0 Å². The first-order valence-electron chi connectivity index (χ1n) is 17.6. The molecule has 2 saturated heterocycles. The molecule has 0 spiro atoms. The highest BCUT2D eigenvalue weighted by Crippen LogP contribution is 2.33. The van der Waals surface area contributed by atoms with Gasteiger partial charge in [0.15, 0.2) is 24.8 Å². The van der Waals surface area contributed by atoms with Gasteiger partial charge in [0.25, 0.3) is 0 Å². The summed E-state index contributed by atoms with van der Waals surface area (Å²) in [5.41, 5.74) is 1.96. The summed E-state index contributed by atoms with van der Waals surface area (Å²) in [5, 5.41) is 0. The third-order valence-electron chi connectivity index (χ3n) is 8.37. The molecule has 50 heavy (non-hydrogen) atoms. The van der Waals surface area contributed by atoms with Gasteiger partial charge in [0.05, 0.1) is 19.8 Å². The van der Waals surface area contributed by atoms with Crippen molar-refractivity contribution >= 4 is 17.9 Å². The predicted molar refractivity (Wildman–Crippen MR) is 180 cm³/mol. The summed E-state index contributed by atoms with van der Waals surface area (Å²) in [6.07, 6.45) is -0.295. The van der Waals surface area contributed by atoms with Crippen LogP contribution in [-0.2, 0) is 70.2 Å². The van der Waals surface area contributed by atoms with E-state index in [1.165, 1.54) is 40.0 Å². The molecular formula is C38H52O12. The lowest BCUT2D eigenvalue weighted by molar-refractivity contribution is -0.214. The van der Waals surface area contributed by atoms with E-state index in [1.54, 1.807) is 0 Å². The van der Waals surface area contributed by atoms with Crippen LogP contribution in [-0.4, -0.2) is 86.9 Å². The number of esters is 3. The van der Waals surface area contributed by atoms with Crippen molar-refractivity contribution in [3.8, 4) is 0 Å². The SMILES string of the molecule is CCCCCCCCO[C@H]1O[C@H](CO[C@H]2O[C@H](COC(C)=O)[C@H](OC(C)=O)[C@@H]2OC(C)=O)[C@@H](OCc2ccccc2)[C@@H]1OCc1ccccc1. The molecule has 0 aliphatic carbocycles. The van der Waals surface area contributed by atoms with E-state index in [4.69, 9.17) is 42.6 Å². The number of ether oxygens (including phenoxy) is 9. The molecule has 0 aromatic heterocycles. The highest BCUT2D eigenvalue weighted by Gasteiger charge is 2.52. The molecule has 2 aliphatic rings. The fourth-order valence-corrected chi connectivity index (χ4v) is 5.95. The Morgan fingerprint density at radius 2 is 1.08 bits per heavy atom. The Hall–Kier alpha value is -3.39. The Morgan fingerprint density at radius 1 is 0.560 bits per heavy atom. The van der Waals surface area contributed by atoms with Crippen molar-refractivity contribution < 1.29 is 57.0 Å². The molecule has 2 aliphatic heterocycles. The number of rotatable bonds is 21. The maximum atomic E-state index is 12.1. The average molecular weight is 701 g/mol. The number of benzene rings is 2. The van der Waals surface area contributed by atoms with Gasteiger partial charge < -0.3 is 42.6 Å². The highest BCUT2D eigenvalue weighted by atomic mass is 16.8. The van der Waals surface area contributed by atoms with E-state index in [-0.39, 0.29) is 19.8 Å². The van der Waals surface area contributed by atoms with Crippen molar-refractivity contribution in [3.63, 3.8) is 0 Å². The fourth-order valence-electron chi connectivity index (χ4n) is 5.95.